The van der Waals surface area contributed by atoms with E-state index in [1.165, 1.54) is 263 Å². The zero-order valence-electron chi connectivity index (χ0n) is 51.9. The first-order chi connectivity index (χ1) is 37.5. The van der Waals surface area contributed by atoms with Gasteiger partial charge in [-0.05, 0) is 70.6 Å². The van der Waals surface area contributed by atoms with E-state index in [2.05, 4.69) is 55.6 Å². The molecule has 0 spiro atoms. The van der Waals surface area contributed by atoms with Crippen LogP contribution in [0.25, 0.3) is 0 Å². The van der Waals surface area contributed by atoms with Crippen molar-refractivity contribution >= 4 is 13.7 Å². The first-order valence-electron chi connectivity index (χ1n) is 33.5. The second-order valence-electron chi connectivity index (χ2n) is 24.2. The van der Waals surface area contributed by atoms with Crippen LogP contribution in [-0.2, 0) is 18.4 Å². The van der Waals surface area contributed by atoms with Gasteiger partial charge in [-0.15, -0.1) is 0 Å². The van der Waals surface area contributed by atoms with E-state index < -0.39 is 26.6 Å². The fraction of sp³-hybridized carbons (Fsp3) is 0.868. The van der Waals surface area contributed by atoms with Gasteiger partial charge in [0.2, 0.25) is 5.91 Å². The van der Waals surface area contributed by atoms with Crippen LogP contribution in [0.1, 0.15) is 328 Å². The number of nitrogens with one attached hydrogen (secondary N) is 1. The molecule has 3 atom stereocenters. The van der Waals surface area contributed by atoms with Crippen LogP contribution in [0.4, 0.5) is 0 Å². The van der Waals surface area contributed by atoms with E-state index in [1.54, 1.807) is 6.08 Å². The van der Waals surface area contributed by atoms with E-state index in [1.807, 2.05) is 27.2 Å². The van der Waals surface area contributed by atoms with Crippen molar-refractivity contribution in [3.63, 3.8) is 0 Å². The number of hydrogen-bond acceptors (Lipinski definition) is 6. The molecule has 0 aromatic carbocycles. The summed E-state index contributed by atoms with van der Waals surface area (Å²) < 4.78 is 23.3. The summed E-state index contributed by atoms with van der Waals surface area (Å²) in [5, 5.41) is 13.9. The lowest BCUT2D eigenvalue weighted by Crippen LogP contribution is -2.45. The van der Waals surface area contributed by atoms with E-state index >= 15 is 0 Å². The molecular formula is C68H131N2O6P. The highest BCUT2D eigenvalue weighted by atomic mass is 31.2. The number of phosphoric acid groups is 1. The van der Waals surface area contributed by atoms with Crippen LogP contribution in [0.5, 0.6) is 0 Å². The summed E-state index contributed by atoms with van der Waals surface area (Å²) in [6, 6.07) is -0.909. The fourth-order valence-corrected chi connectivity index (χ4v) is 10.7. The van der Waals surface area contributed by atoms with Gasteiger partial charge in [-0.1, -0.05) is 300 Å². The fourth-order valence-electron chi connectivity index (χ4n) is 10.0. The van der Waals surface area contributed by atoms with Gasteiger partial charge in [0.1, 0.15) is 13.2 Å². The Kier molecular flexibility index (Phi) is 57.9. The predicted octanol–water partition coefficient (Wildman–Crippen LogP) is 20.4. The molecule has 0 bridgehead atoms. The predicted molar refractivity (Wildman–Crippen MR) is 334 cm³/mol. The maximum atomic E-state index is 13.0. The molecule has 0 radical (unpaired) electrons. The van der Waals surface area contributed by atoms with Crippen molar-refractivity contribution in [2.45, 2.75) is 341 Å². The molecule has 1 amide bonds. The lowest BCUT2D eigenvalue weighted by atomic mass is 10.0. The number of carbonyl (C=O) groups is 1. The molecule has 0 aliphatic carbocycles. The number of nitrogens with zero attached hydrogens (tertiary/aromatic N) is 1. The Bertz CT molecular complexity index is 1390. The number of aliphatic hydroxyl groups is 1. The lowest BCUT2D eigenvalue weighted by molar-refractivity contribution is -0.870. The van der Waals surface area contributed by atoms with Crippen molar-refractivity contribution in [2.24, 2.45) is 0 Å². The van der Waals surface area contributed by atoms with Crippen molar-refractivity contribution in [1.82, 2.24) is 5.32 Å². The molecule has 0 aliphatic heterocycles. The Morgan fingerprint density at radius 3 is 1.05 bits per heavy atom. The molecule has 0 saturated heterocycles. The van der Waals surface area contributed by atoms with Gasteiger partial charge in [-0.25, -0.2) is 0 Å². The summed E-state index contributed by atoms with van der Waals surface area (Å²) in [6.07, 6.45) is 79.6. The maximum absolute atomic E-state index is 13.0. The Hall–Kier alpha value is -1.54. The number of likely N-dealkylation sites (N-methyl/N-ethyl adjacent to an activating group) is 1. The molecule has 0 rings (SSSR count). The van der Waals surface area contributed by atoms with E-state index in [-0.39, 0.29) is 12.5 Å². The highest BCUT2D eigenvalue weighted by Gasteiger charge is 2.23. The molecule has 454 valence electrons. The van der Waals surface area contributed by atoms with Crippen LogP contribution in [0.15, 0.2) is 48.6 Å². The largest absolute Gasteiger partial charge is 0.756 e. The van der Waals surface area contributed by atoms with Crippen LogP contribution in [0.3, 0.4) is 0 Å². The number of allylic oxidation sites excluding steroid dienone is 7. The van der Waals surface area contributed by atoms with Crippen molar-refractivity contribution < 1.29 is 32.9 Å². The second-order valence-corrected chi connectivity index (χ2v) is 25.6. The molecule has 0 heterocycles. The van der Waals surface area contributed by atoms with Gasteiger partial charge in [0.25, 0.3) is 7.82 Å². The minimum Gasteiger partial charge on any atom is -0.756 e. The molecule has 8 nitrogen and oxygen atoms in total. The number of phosphoric ester groups is 1. The molecule has 9 heteroatoms. The molecule has 0 saturated carbocycles. The summed E-state index contributed by atoms with van der Waals surface area (Å²) in [7, 11) is 1.24. The average molecular weight is 1100 g/mol. The zero-order chi connectivity index (χ0) is 56.3. The Morgan fingerprint density at radius 1 is 0.442 bits per heavy atom. The SMILES string of the molecule is CCCCCCCC/C=C/CC/C=C/CC/C=C/C(O)C(COP(=O)([O-])OCC[N+](C)(C)C)NC(=O)CCCCCCCCCCCCCCCCCCCCCCCCCCCCC/C=C\CCCCCCCCCC. The quantitative estimate of drug-likeness (QED) is 0.0272. The standard InChI is InChI=1S/C68H131N2O6P/c1-6-8-10-12-14-16-18-20-22-24-25-26-27-28-29-30-31-32-33-34-35-36-37-38-39-40-41-42-43-44-45-46-48-50-52-54-56-58-60-62-68(72)69-66(65-76-77(73,74)75-64-63-70(3,4)5)67(71)61-59-57-55-53-51-49-47-23-21-19-17-15-13-11-9-7-2/h21,23-25,51,53,59,61,66-67,71H,6-20,22,26-50,52,54-58,60,62-65H2,1-5H3,(H-,69,72,73,74)/b23-21+,25-24-,53-51+,61-59+. The molecule has 0 aliphatic rings. The molecule has 0 aromatic heterocycles. The summed E-state index contributed by atoms with van der Waals surface area (Å²) in [6.45, 7) is 4.64. The smallest absolute Gasteiger partial charge is 0.268 e. The average Bonchev–Trinajstić information content (AvgIpc) is 3.39. The van der Waals surface area contributed by atoms with E-state index in [0.29, 0.717) is 17.4 Å². The number of hydrogen-bond donors (Lipinski definition) is 2. The Labute approximate surface area is 479 Å². The van der Waals surface area contributed by atoms with Gasteiger partial charge < -0.3 is 28.8 Å². The number of rotatable bonds is 62. The number of aliphatic hydroxyl groups excluding tert-OH is 1. The highest BCUT2D eigenvalue weighted by Crippen LogP contribution is 2.38. The monoisotopic (exact) mass is 1100 g/mol. The van der Waals surface area contributed by atoms with Crippen molar-refractivity contribution in [1.29, 1.82) is 0 Å². The van der Waals surface area contributed by atoms with E-state index in [9.17, 15) is 19.4 Å². The molecule has 0 fully saturated rings. The number of unbranched alkanes of at least 4 members (excludes halogenated alkanes) is 43. The maximum Gasteiger partial charge on any atom is 0.268 e. The third-order valence-electron chi connectivity index (χ3n) is 15.2. The number of quaternary nitrogens is 1. The topological polar surface area (TPSA) is 108 Å². The van der Waals surface area contributed by atoms with Crippen molar-refractivity contribution in [2.75, 3.05) is 40.9 Å². The third-order valence-corrected chi connectivity index (χ3v) is 16.2. The van der Waals surface area contributed by atoms with Gasteiger partial charge in [0, 0.05) is 6.42 Å². The van der Waals surface area contributed by atoms with Crippen LogP contribution in [-0.4, -0.2) is 68.5 Å². The Balaban J connectivity index is 3.92. The van der Waals surface area contributed by atoms with E-state index in [4.69, 9.17) is 9.05 Å². The summed E-state index contributed by atoms with van der Waals surface area (Å²) in [5.41, 5.74) is 0. The first-order valence-corrected chi connectivity index (χ1v) is 35.0. The Morgan fingerprint density at radius 2 is 0.727 bits per heavy atom. The van der Waals surface area contributed by atoms with Gasteiger partial charge in [0.05, 0.1) is 39.9 Å². The molecule has 3 unspecified atom stereocenters. The molecular weight excluding hydrogens is 972 g/mol. The molecule has 77 heavy (non-hydrogen) atoms. The minimum atomic E-state index is -4.61. The van der Waals surface area contributed by atoms with Gasteiger partial charge in [-0.3, -0.25) is 9.36 Å². The number of carbonyl (C=O) groups excluding carboxylic acids is 1. The third kappa shape index (κ3) is 61.9. The molecule has 2 N–H and O–H groups in total. The van der Waals surface area contributed by atoms with Crippen LogP contribution < -0.4 is 10.2 Å². The van der Waals surface area contributed by atoms with Crippen LogP contribution in [0, 0.1) is 0 Å². The van der Waals surface area contributed by atoms with Gasteiger partial charge >= 0.3 is 0 Å². The number of amides is 1. The first kappa shape index (κ1) is 75.5. The normalized spacial score (nSPS) is 14.0. The summed E-state index contributed by atoms with van der Waals surface area (Å²) >= 11 is 0. The van der Waals surface area contributed by atoms with Crippen LogP contribution in [0.2, 0.25) is 0 Å². The summed E-state index contributed by atoms with van der Waals surface area (Å²) in [5.74, 6) is -0.206. The van der Waals surface area contributed by atoms with Gasteiger partial charge in [0.15, 0.2) is 0 Å². The minimum absolute atomic E-state index is 0.00807. The second kappa shape index (κ2) is 59.1. The van der Waals surface area contributed by atoms with E-state index in [0.717, 1.165) is 44.9 Å². The van der Waals surface area contributed by atoms with Crippen molar-refractivity contribution in [3.05, 3.63) is 48.6 Å². The lowest BCUT2D eigenvalue weighted by Gasteiger charge is -2.29. The zero-order valence-corrected chi connectivity index (χ0v) is 52.8. The highest BCUT2D eigenvalue weighted by molar-refractivity contribution is 7.45. The van der Waals surface area contributed by atoms with Crippen molar-refractivity contribution in [3.8, 4) is 0 Å². The summed E-state index contributed by atoms with van der Waals surface area (Å²) in [4.78, 5) is 25.5. The van der Waals surface area contributed by atoms with Crippen LogP contribution >= 0.6 is 7.82 Å². The molecule has 0 aromatic rings. The van der Waals surface area contributed by atoms with Gasteiger partial charge in [-0.2, -0.15) is 0 Å².